The molecule has 0 spiro atoms. The second kappa shape index (κ2) is 7.34. The van der Waals surface area contributed by atoms with Gasteiger partial charge in [0.15, 0.2) is 5.69 Å². The van der Waals surface area contributed by atoms with Gasteiger partial charge in [-0.1, -0.05) is 32.9 Å². The fourth-order valence-electron chi connectivity index (χ4n) is 2.37. The average Bonchev–Trinajstić information content (AvgIpc) is 2.59. The molecule has 0 fully saturated rings. The van der Waals surface area contributed by atoms with Gasteiger partial charge in [0.05, 0.1) is 4.92 Å². The van der Waals surface area contributed by atoms with Crippen LogP contribution in [0.15, 0.2) is 46.6 Å². The standard InChI is InChI=1S/C18H18F3N3O3/c1-4-17(2,3)11-8-9-15(25)14(10-11)23-22-13-7-5-6-12(18(19,20)21)16(13)24(26)27/h5-10,25H,4H2,1-3H3. The van der Waals surface area contributed by atoms with Gasteiger partial charge in [0, 0.05) is 0 Å². The van der Waals surface area contributed by atoms with E-state index in [1.165, 1.54) is 6.07 Å². The van der Waals surface area contributed by atoms with Gasteiger partial charge in [-0.05, 0) is 41.7 Å². The van der Waals surface area contributed by atoms with Crippen molar-refractivity contribution in [2.75, 3.05) is 0 Å². The van der Waals surface area contributed by atoms with Crippen LogP contribution in [0.1, 0.15) is 38.3 Å². The lowest BCUT2D eigenvalue weighted by molar-refractivity contribution is -0.387. The van der Waals surface area contributed by atoms with Crippen molar-refractivity contribution < 1.29 is 23.2 Å². The summed E-state index contributed by atoms with van der Waals surface area (Å²) in [5.41, 5.74) is -2.50. The molecule has 0 unspecified atom stereocenters. The molecule has 2 aromatic rings. The Balaban J connectivity index is 2.54. The molecule has 6 nitrogen and oxygen atoms in total. The van der Waals surface area contributed by atoms with Crippen molar-refractivity contribution in [1.29, 1.82) is 0 Å². The summed E-state index contributed by atoms with van der Waals surface area (Å²) in [5.74, 6) is -0.232. The van der Waals surface area contributed by atoms with Crippen LogP contribution in [0.3, 0.4) is 0 Å². The highest BCUT2D eigenvalue weighted by Gasteiger charge is 2.39. The van der Waals surface area contributed by atoms with Crippen molar-refractivity contribution in [1.82, 2.24) is 0 Å². The van der Waals surface area contributed by atoms with Crippen molar-refractivity contribution in [3.63, 3.8) is 0 Å². The lowest BCUT2D eigenvalue weighted by Crippen LogP contribution is -2.14. The van der Waals surface area contributed by atoms with E-state index in [-0.39, 0.29) is 16.9 Å². The molecule has 1 N–H and O–H groups in total. The van der Waals surface area contributed by atoms with Gasteiger partial charge < -0.3 is 5.11 Å². The Kier molecular flexibility index (Phi) is 5.53. The fraction of sp³-hybridized carbons (Fsp3) is 0.333. The van der Waals surface area contributed by atoms with E-state index < -0.39 is 28.0 Å². The van der Waals surface area contributed by atoms with Gasteiger partial charge in [-0.15, -0.1) is 10.2 Å². The van der Waals surface area contributed by atoms with E-state index in [0.29, 0.717) is 6.07 Å². The Bertz CT molecular complexity index is 893. The van der Waals surface area contributed by atoms with Crippen LogP contribution in [0.25, 0.3) is 0 Å². The van der Waals surface area contributed by atoms with Crippen LogP contribution in [0.5, 0.6) is 5.75 Å². The molecular formula is C18H18F3N3O3. The summed E-state index contributed by atoms with van der Waals surface area (Å²) in [7, 11) is 0. The topological polar surface area (TPSA) is 88.1 Å². The summed E-state index contributed by atoms with van der Waals surface area (Å²) < 4.78 is 39.1. The van der Waals surface area contributed by atoms with E-state index in [1.54, 1.807) is 12.1 Å². The van der Waals surface area contributed by atoms with E-state index in [1.807, 2.05) is 20.8 Å². The molecule has 0 bridgehead atoms. The molecule has 2 aromatic carbocycles. The summed E-state index contributed by atoms with van der Waals surface area (Å²) in [5, 5.41) is 28.5. The maximum absolute atomic E-state index is 13.0. The van der Waals surface area contributed by atoms with Gasteiger partial charge in [-0.2, -0.15) is 13.2 Å². The van der Waals surface area contributed by atoms with E-state index in [2.05, 4.69) is 10.2 Å². The number of hydrogen-bond donors (Lipinski definition) is 1. The van der Waals surface area contributed by atoms with Crippen LogP contribution >= 0.6 is 0 Å². The first-order chi connectivity index (χ1) is 12.5. The number of para-hydroxylation sites is 1. The molecule has 0 aliphatic rings. The number of nitro benzene ring substituents is 1. The van der Waals surface area contributed by atoms with Crippen molar-refractivity contribution >= 4 is 17.1 Å². The normalized spacial score (nSPS) is 12.5. The highest BCUT2D eigenvalue weighted by atomic mass is 19.4. The van der Waals surface area contributed by atoms with Gasteiger partial charge in [0.25, 0.3) is 0 Å². The van der Waals surface area contributed by atoms with E-state index in [9.17, 15) is 28.4 Å². The third kappa shape index (κ3) is 4.42. The van der Waals surface area contributed by atoms with Gasteiger partial charge in [-0.3, -0.25) is 10.1 Å². The minimum Gasteiger partial charge on any atom is -0.506 e. The maximum Gasteiger partial charge on any atom is 0.423 e. The predicted octanol–water partition coefficient (Wildman–Crippen LogP) is 6.42. The minimum atomic E-state index is -4.90. The summed E-state index contributed by atoms with van der Waals surface area (Å²) in [4.78, 5) is 10.0. The van der Waals surface area contributed by atoms with E-state index in [0.717, 1.165) is 24.1 Å². The molecule has 0 atom stereocenters. The Hall–Kier alpha value is -2.97. The van der Waals surface area contributed by atoms with Gasteiger partial charge >= 0.3 is 11.9 Å². The van der Waals surface area contributed by atoms with Crippen LogP contribution < -0.4 is 0 Å². The molecular weight excluding hydrogens is 363 g/mol. The number of alkyl halides is 3. The highest BCUT2D eigenvalue weighted by Crippen LogP contribution is 2.42. The fourth-order valence-corrected chi connectivity index (χ4v) is 2.37. The van der Waals surface area contributed by atoms with E-state index in [4.69, 9.17) is 0 Å². The van der Waals surface area contributed by atoms with Crippen LogP contribution in [0, 0.1) is 10.1 Å². The molecule has 0 aromatic heterocycles. The number of halogens is 3. The highest BCUT2D eigenvalue weighted by molar-refractivity contribution is 5.63. The number of aromatic hydroxyl groups is 1. The molecule has 9 heteroatoms. The number of rotatable bonds is 5. The lowest BCUT2D eigenvalue weighted by Gasteiger charge is -2.23. The van der Waals surface area contributed by atoms with Gasteiger partial charge in [0.2, 0.25) is 0 Å². The number of phenols is 1. The quantitative estimate of drug-likeness (QED) is 0.368. The summed E-state index contributed by atoms with van der Waals surface area (Å²) in [6, 6.07) is 7.36. The molecule has 0 aliphatic heterocycles. The third-order valence-electron chi connectivity index (χ3n) is 4.41. The Morgan fingerprint density at radius 2 is 1.74 bits per heavy atom. The minimum absolute atomic E-state index is 0.0146. The predicted molar refractivity (Wildman–Crippen MR) is 93.7 cm³/mol. The van der Waals surface area contributed by atoms with Crippen LogP contribution in [-0.4, -0.2) is 10.0 Å². The van der Waals surface area contributed by atoms with Crippen molar-refractivity contribution in [2.24, 2.45) is 10.2 Å². The molecule has 27 heavy (non-hydrogen) atoms. The lowest BCUT2D eigenvalue weighted by atomic mass is 9.82. The van der Waals surface area contributed by atoms with Crippen molar-refractivity contribution in [2.45, 2.75) is 38.8 Å². The SMILES string of the molecule is CCC(C)(C)c1ccc(O)c(N=Nc2cccc(C(F)(F)F)c2[N+](=O)[O-])c1. The molecule has 0 radical (unpaired) electrons. The molecule has 0 amide bonds. The number of nitro groups is 1. The summed E-state index contributed by atoms with van der Waals surface area (Å²) in [6.45, 7) is 5.95. The second-order valence-corrected chi connectivity index (χ2v) is 6.57. The number of azo groups is 1. The smallest absolute Gasteiger partial charge is 0.423 e. The largest absolute Gasteiger partial charge is 0.506 e. The van der Waals surface area contributed by atoms with E-state index >= 15 is 0 Å². The van der Waals surface area contributed by atoms with Crippen molar-refractivity contribution in [3.05, 3.63) is 57.6 Å². The Labute approximate surface area is 153 Å². The number of hydrogen-bond acceptors (Lipinski definition) is 5. The number of nitrogens with zero attached hydrogens (tertiary/aromatic N) is 3. The molecule has 0 aliphatic carbocycles. The molecule has 144 valence electrons. The maximum atomic E-state index is 13.0. The van der Waals surface area contributed by atoms with Gasteiger partial charge in [0.1, 0.15) is 17.0 Å². The first-order valence-electron chi connectivity index (χ1n) is 8.07. The monoisotopic (exact) mass is 381 g/mol. The summed E-state index contributed by atoms with van der Waals surface area (Å²) in [6.07, 6.45) is -4.10. The molecule has 0 heterocycles. The van der Waals surface area contributed by atoms with Crippen LogP contribution in [0.4, 0.5) is 30.2 Å². The number of phenolic OH excluding ortho intramolecular Hbond substituents is 1. The Morgan fingerprint density at radius 3 is 2.30 bits per heavy atom. The van der Waals surface area contributed by atoms with Crippen LogP contribution in [0.2, 0.25) is 0 Å². The zero-order valence-electron chi connectivity index (χ0n) is 14.9. The Morgan fingerprint density at radius 1 is 1.11 bits per heavy atom. The summed E-state index contributed by atoms with van der Waals surface area (Å²) >= 11 is 0. The zero-order valence-corrected chi connectivity index (χ0v) is 14.9. The first kappa shape index (κ1) is 20.3. The molecule has 0 saturated heterocycles. The average molecular weight is 381 g/mol. The van der Waals surface area contributed by atoms with Crippen molar-refractivity contribution in [3.8, 4) is 5.75 Å². The molecule has 2 rings (SSSR count). The van der Waals surface area contributed by atoms with Gasteiger partial charge in [-0.25, -0.2) is 0 Å². The third-order valence-corrected chi connectivity index (χ3v) is 4.41. The van der Waals surface area contributed by atoms with Crippen LogP contribution in [-0.2, 0) is 11.6 Å². The number of benzene rings is 2. The molecule has 0 saturated carbocycles. The first-order valence-corrected chi connectivity index (χ1v) is 8.07. The second-order valence-electron chi connectivity index (χ2n) is 6.57. The zero-order chi connectivity index (χ0) is 20.4.